The van der Waals surface area contributed by atoms with Crippen LogP contribution in [0.3, 0.4) is 0 Å². The van der Waals surface area contributed by atoms with Crippen LogP contribution >= 0.6 is 0 Å². The van der Waals surface area contributed by atoms with Crippen molar-refractivity contribution in [3.05, 3.63) is 42.2 Å². The first-order chi connectivity index (χ1) is 13.1. The number of imidazole rings is 1. The predicted molar refractivity (Wildman–Crippen MR) is 97.2 cm³/mol. The summed E-state index contributed by atoms with van der Waals surface area (Å²) in [5, 5.41) is 5.22. The third kappa shape index (κ3) is 4.63. The van der Waals surface area contributed by atoms with Gasteiger partial charge in [-0.2, -0.15) is 0 Å². The first kappa shape index (κ1) is 18.4. The number of benzene rings is 1. The van der Waals surface area contributed by atoms with E-state index < -0.39 is 12.1 Å². The number of anilines is 1. The van der Waals surface area contributed by atoms with Gasteiger partial charge in [-0.25, -0.2) is 9.78 Å². The van der Waals surface area contributed by atoms with Crippen LogP contribution in [0, 0.1) is 0 Å². The molecule has 2 heterocycles. The van der Waals surface area contributed by atoms with E-state index in [9.17, 15) is 14.4 Å². The van der Waals surface area contributed by atoms with Crippen molar-refractivity contribution in [3.63, 3.8) is 0 Å². The summed E-state index contributed by atoms with van der Waals surface area (Å²) in [5.41, 5.74) is 0.998. The smallest absolute Gasteiger partial charge is 0.324 e. The fourth-order valence-corrected chi connectivity index (χ4v) is 2.82. The number of rotatable bonds is 8. The summed E-state index contributed by atoms with van der Waals surface area (Å²) in [5.74, 6) is 0.521. The number of ether oxygens (including phenoxy) is 1. The van der Waals surface area contributed by atoms with Crippen LogP contribution in [-0.2, 0) is 16.0 Å². The molecule has 0 aliphatic carbocycles. The average molecular weight is 371 g/mol. The third-order valence-electron chi connectivity index (χ3n) is 4.31. The van der Waals surface area contributed by atoms with E-state index in [0.717, 1.165) is 11.3 Å². The molecule has 1 aromatic heterocycles. The Hall–Kier alpha value is -3.36. The van der Waals surface area contributed by atoms with Crippen LogP contribution in [0.5, 0.6) is 5.75 Å². The molecule has 0 spiro atoms. The Morgan fingerprint density at radius 3 is 2.74 bits per heavy atom. The summed E-state index contributed by atoms with van der Waals surface area (Å²) in [7, 11) is 1.59. The lowest BCUT2D eigenvalue weighted by molar-refractivity contribution is -0.127. The number of hydrogen-bond donors (Lipinski definition) is 3. The second-order valence-electron chi connectivity index (χ2n) is 6.11. The number of carbonyl (C=O) groups is 3. The molecule has 2 aromatic rings. The molecule has 1 aliphatic rings. The fourth-order valence-electron chi connectivity index (χ4n) is 2.82. The number of H-pyrrole nitrogens is 1. The fraction of sp³-hybridized carbons (Fsp3) is 0.333. The van der Waals surface area contributed by atoms with Crippen LogP contribution in [0.25, 0.3) is 0 Å². The van der Waals surface area contributed by atoms with Crippen LogP contribution < -0.4 is 15.4 Å². The standard InChI is InChI=1S/C18H21N5O4/c1-27-13-4-2-12(3-5-13)8-11-23-16(25)14(21-18(23)26)6-7-15(24)22-17-19-9-10-20-17/h2-5,9-10,14H,6-8,11H2,1H3,(H,21,26)(H2,19,20,22,24)/t14-/m1/s1. The van der Waals surface area contributed by atoms with Gasteiger partial charge in [0.2, 0.25) is 11.9 Å². The number of aromatic amines is 1. The molecule has 1 fully saturated rings. The molecule has 0 saturated carbocycles. The zero-order valence-electron chi connectivity index (χ0n) is 14.9. The summed E-state index contributed by atoms with van der Waals surface area (Å²) < 4.78 is 5.11. The highest BCUT2D eigenvalue weighted by molar-refractivity contribution is 6.04. The molecule has 1 aliphatic heterocycles. The zero-order chi connectivity index (χ0) is 19.2. The maximum atomic E-state index is 12.4. The lowest BCUT2D eigenvalue weighted by Gasteiger charge is -2.13. The first-order valence-corrected chi connectivity index (χ1v) is 8.61. The number of aromatic nitrogens is 2. The van der Waals surface area contributed by atoms with Gasteiger partial charge < -0.3 is 15.0 Å². The van der Waals surface area contributed by atoms with Crippen LogP contribution in [-0.4, -0.2) is 52.4 Å². The molecule has 3 rings (SSSR count). The SMILES string of the molecule is COc1ccc(CCN2C(=O)N[C@H](CCC(=O)Nc3ncc[nH]3)C2=O)cc1. The van der Waals surface area contributed by atoms with Crippen LogP contribution in [0.4, 0.5) is 10.7 Å². The van der Waals surface area contributed by atoms with Gasteiger partial charge in [0.05, 0.1) is 7.11 Å². The molecule has 0 bridgehead atoms. The van der Waals surface area contributed by atoms with E-state index in [0.29, 0.717) is 12.4 Å². The summed E-state index contributed by atoms with van der Waals surface area (Å²) in [4.78, 5) is 44.3. The second-order valence-corrected chi connectivity index (χ2v) is 6.11. The normalized spacial score (nSPS) is 16.3. The molecule has 9 heteroatoms. The number of urea groups is 1. The summed E-state index contributed by atoms with van der Waals surface area (Å²) in [6.45, 7) is 0.284. The zero-order valence-corrected chi connectivity index (χ0v) is 14.9. The maximum Gasteiger partial charge on any atom is 0.324 e. The minimum Gasteiger partial charge on any atom is -0.497 e. The number of carbonyl (C=O) groups excluding carboxylic acids is 3. The Morgan fingerprint density at radius 2 is 2.07 bits per heavy atom. The third-order valence-corrected chi connectivity index (χ3v) is 4.31. The number of amides is 4. The molecule has 1 saturated heterocycles. The molecular weight excluding hydrogens is 350 g/mol. The average Bonchev–Trinajstić information content (AvgIpc) is 3.27. The number of methoxy groups -OCH3 is 1. The monoisotopic (exact) mass is 371 g/mol. The van der Waals surface area contributed by atoms with E-state index in [1.54, 1.807) is 13.3 Å². The van der Waals surface area contributed by atoms with E-state index in [1.165, 1.54) is 11.1 Å². The summed E-state index contributed by atoms with van der Waals surface area (Å²) in [6, 6.07) is 6.35. The van der Waals surface area contributed by atoms with Gasteiger partial charge in [0.1, 0.15) is 11.8 Å². The molecule has 1 atom stereocenters. The van der Waals surface area contributed by atoms with Gasteiger partial charge in [-0.05, 0) is 30.5 Å². The topological polar surface area (TPSA) is 116 Å². The van der Waals surface area contributed by atoms with Gasteiger partial charge in [0.25, 0.3) is 5.91 Å². The predicted octanol–water partition coefficient (Wildman–Crippen LogP) is 1.30. The molecule has 3 N–H and O–H groups in total. The number of nitrogens with one attached hydrogen (secondary N) is 3. The van der Waals surface area contributed by atoms with Gasteiger partial charge in [-0.1, -0.05) is 12.1 Å². The van der Waals surface area contributed by atoms with Crippen molar-refractivity contribution in [3.8, 4) is 5.75 Å². The number of hydrogen-bond acceptors (Lipinski definition) is 5. The van der Waals surface area contributed by atoms with Crippen molar-refractivity contribution < 1.29 is 19.1 Å². The molecule has 0 radical (unpaired) electrons. The Kier molecular flexibility index (Phi) is 5.70. The molecule has 142 valence electrons. The van der Waals surface area contributed by atoms with E-state index in [1.807, 2.05) is 24.3 Å². The second kappa shape index (κ2) is 8.35. The molecule has 9 nitrogen and oxygen atoms in total. The van der Waals surface area contributed by atoms with Gasteiger partial charge in [-0.15, -0.1) is 0 Å². The van der Waals surface area contributed by atoms with Gasteiger partial charge in [-0.3, -0.25) is 19.8 Å². The molecule has 27 heavy (non-hydrogen) atoms. The van der Waals surface area contributed by atoms with Gasteiger partial charge in [0.15, 0.2) is 0 Å². The summed E-state index contributed by atoms with van der Waals surface area (Å²) >= 11 is 0. The molecule has 1 aromatic carbocycles. The highest BCUT2D eigenvalue weighted by Gasteiger charge is 2.37. The van der Waals surface area contributed by atoms with Crippen molar-refractivity contribution >= 4 is 23.8 Å². The highest BCUT2D eigenvalue weighted by Crippen LogP contribution is 2.15. The number of nitrogens with zero attached hydrogens (tertiary/aromatic N) is 2. The lowest BCUT2D eigenvalue weighted by Crippen LogP contribution is -2.33. The van der Waals surface area contributed by atoms with Gasteiger partial charge >= 0.3 is 6.03 Å². The van der Waals surface area contributed by atoms with E-state index in [-0.39, 0.29) is 31.2 Å². The van der Waals surface area contributed by atoms with Crippen molar-refractivity contribution in [1.29, 1.82) is 0 Å². The lowest BCUT2D eigenvalue weighted by atomic mass is 10.1. The van der Waals surface area contributed by atoms with E-state index in [2.05, 4.69) is 20.6 Å². The van der Waals surface area contributed by atoms with Crippen molar-refractivity contribution in [2.45, 2.75) is 25.3 Å². The minimum atomic E-state index is -0.685. The van der Waals surface area contributed by atoms with Crippen LogP contribution in [0.1, 0.15) is 18.4 Å². The van der Waals surface area contributed by atoms with Crippen molar-refractivity contribution in [1.82, 2.24) is 20.2 Å². The van der Waals surface area contributed by atoms with Crippen molar-refractivity contribution in [2.75, 3.05) is 19.0 Å². The molecule has 4 amide bonds. The molecular formula is C18H21N5O4. The van der Waals surface area contributed by atoms with E-state index >= 15 is 0 Å². The van der Waals surface area contributed by atoms with Gasteiger partial charge in [0, 0.05) is 25.4 Å². The Bertz CT molecular complexity index is 804. The quantitative estimate of drug-likeness (QED) is 0.605. The highest BCUT2D eigenvalue weighted by atomic mass is 16.5. The Labute approximate surface area is 156 Å². The van der Waals surface area contributed by atoms with Crippen LogP contribution in [0.2, 0.25) is 0 Å². The number of imide groups is 1. The summed E-state index contributed by atoms with van der Waals surface area (Å²) in [6.07, 6.45) is 4.00. The largest absolute Gasteiger partial charge is 0.497 e. The minimum absolute atomic E-state index is 0.101. The van der Waals surface area contributed by atoms with Crippen molar-refractivity contribution in [2.24, 2.45) is 0 Å². The Balaban J connectivity index is 1.47. The van der Waals surface area contributed by atoms with Crippen LogP contribution in [0.15, 0.2) is 36.7 Å². The maximum absolute atomic E-state index is 12.4. The molecule has 0 unspecified atom stereocenters. The Morgan fingerprint density at radius 1 is 1.30 bits per heavy atom. The van der Waals surface area contributed by atoms with E-state index in [4.69, 9.17) is 4.74 Å². The first-order valence-electron chi connectivity index (χ1n) is 8.61.